The maximum atomic E-state index is 10.00. The predicted octanol–water partition coefficient (Wildman–Crippen LogP) is 0.974. The summed E-state index contributed by atoms with van der Waals surface area (Å²) in [6.45, 7) is 3.85. The van der Waals surface area contributed by atoms with Crippen molar-refractivity contribution in [1.29, 1.82) is 0 Å². The molecule has 3 fully saturated rings. The molecule has 2 heterocycles. The molecule has 1 aliphatic carbocycles. The average molecular weight is 224 g/mol. The zero-order valence-corrected chi connectivity index (χ0v) is 10.1. The molecule has 0 radical (unpaired) electrons. The van der Waals surface area contributed by atoms with Gasteiger partial charge in [0, 0.05) is 18.6 Å². The highest BCUT2D eigenvalue weighted by molar-refractivity contribution is 4.93. The fourth-order valence-electron chi connectivity index (χ4n) is 3.75. The summed E-state index contributed by atoms with van der Waals surface area (Å²) in [5.41, 5.74) is 0. The minimum absolute atomic E-state index is 0.0896. The molecule has 1 saturated carbocycles. The van der Waals surface area contributed by atoms with Crippen molar-refractivity contribution in [3.63, 3.8) is 0 Å². The summed E-state index contributed by atoms with van der Waals surface area (Å²) in [6, 6.07) is 1.06. The molecular weight excluding hydrogens is 200 g/mol. The molecule has 5 atom stereocenters. The van der Waals surface area contributed by atoms with E-state index in [1.807, 2.05) is 0 Å². The highest BCUT2D eigenvalue weighted by atomic mass is 16.3. The quantitative estimate of drug-likeness (QED) is 0.734. The summed E-state index contributed by atoms with van der Waals surface area (Å²) in [7, 11) is 0. The smallest absolute Gasteiger partial charge is 0.0693 e. The van der Waals surface area contributed by atoms with E-state index in [0.717, 1.165) is 12.3 Å². The van der Waals surface area contributed by atoms with Crippen molar-refractivity contribution in [1.82, 2.24) is 10.2 Å². The van der Waals surface area contributed by atoms with Gasteiger partial charge in [-0.1, -0.05) is 12.8 Å². The fraction of sp³-hybridized carbons (Fsp3) is 1.00. The van der Waals surface area contributed by atoms with E-state index < -0.39 is 0 Å². The third-order valence-corrected chi connectivity index (χ3v) is 4.79. The van der Waals surface area contributed by atoms with Gasteiger partial charge in [0.2, 0.25) is 0 Å². The topological polar surface area (TPSA) is 35.5 Å². The van der Waals surface area contributed by atoms with E-state index >= 15 is 0 Å². The van der Waals surface area contributed by atoms with Crippen molar-refractivity contribution in [2.45, 2.75) is 56.7 Å². The molecule has 0 aromatic carbocycles. The van der Waals surface area contributed by atoms with Gasteiger partial charge >= 0.3 is 0 Å². The Balaban J connectivity index is 1.57. The van der Waals surface area contributed by atoms with Gasteiger partial charge in [-0.25, -0.2) is 0 Å². The first-order valence-electron chi connectivity index (χ1n) is 6.99. The molecule has 2 bridgehead atoms. The van der Waals surface area contributed by atoms with Gasteiger partial charge < -0.3 is 15.3 Å². The van der Waals surface area contributed by atoms with Crippen molar-refractivity contribution in [2.24, 2.45) is 5.92 Å². The van der Waals surface area contributed by atoms with Crippen molar-refractivity contribution < 1.29 is 5.11 Å². The summed E-state index contributed by atoms with van der Waals surface area (Å²) in [5.74, 6) is 0.850. The van der Waals surface area contributed by atoms with Crippen molar-refractivity contribution >= 4 is 0 Å². The van der Waals surface area contributed by atoms with Gasteiger partial charge in [0.1, 0.15) is 0 Å². The van der Waals surface area contributed by atoms with Crippen LogP contribution in [0.4, 0.5) is 0 Å². The standard InChI is InChI=1S/C13H24N2O/c16-13-4-2-1-3-12(13)14-11-6-8-15-7-5-10(11)9-15/h10-14,16H,1-9H2. The zero-order chi connectivity index (χ0) is 11.0. The Morgan fingerprint density at radius 3 is 2.62 bits per heavy atom. The van der Waals surface area contributed by atoms with Crippen LogP contribution in [0.15, 0.2) is 0 Å². The third kappa shape index (κ3) is 2.13. The monoisotopic (exact) mass is 224 g/mol. The summed E-state index contributed by atoms with van der Waals surface area (Å²) in [4.78, 5) is 2.58. The largest absolute Gasteiger partial charge is 0.392 e. The van der Waals surface area contributed by atoms with Gasteiger partial charge in [0.25, 0.3) is 0 Å². The zero-order valence-electron chi connectivity index (χ0n) is 10.1. The van der Waals surface area contributed by atoms with E-state index in [2.05, 4.69) is 10.2 Å². The second-order valence-electron chi connectivity index (χ2n) is 5.87. The summed E-state index contributed by atoms with van der Waals surface area (Å²) in [5, 5.41) is 13.8. The number of aliphatic hydroxyl groups excluding tert-OH is 1. The van der Waals surface area contributed by atoms with Crippen molar-refractivity contribution in [2.75, 3.05) is 19.6 Å². The van der Waals surface area contributed by atoms with Crippen LogP contribution in [0.1, 0.15) is 38.5 Å². The molecule has 3 rings (SSSR count). The van der Waals surface area contributed by atoms with Crippen molar-refractivity contribution in [3.05, 3.63) is 0 Å². The summed E-state index contributed by atoms with van der Waals surface area (Å²) >= 11 is 0. The van der Waals surface area contributed by atoms with Crippen LogP contribution in [-0.2, 0) is 0 Å². The van der Waals surface area contributed by atoms with Gasteiger partial charge in [0.05, 0.1) is 6.10 Å². The lowest BCUT2D eigenvalue weighted by Crippen LogP contribution is -2.52. The van der Waals surface area contributed by atoms with Crippen LogP contribution >= 0.6 is 0 Å². The highest BCUT2D eigenvalue weighted by Gasteiger charge is 2.36. The molecule has 2 saturated heterocycles. The lowest BCUT2D eigenvalue weighted by Gasteiger charge is -2.37. The second-order valence-corrected chi connectivity index (χ2v) is 5.87. The Labute approximate surface area is 98.2 Å². The number of hydrogen-bond donors (Lipinski definition) is 2. The van der Waals surface area contributed by atoms with Crippen LogP contribution in [-0.4, -0.2) is 47.8 Å². The lowest BCUT2D eigenvalue weighted by atomic mass is 9.88. The SMILES string of the molecule is OC1CCCCC1NC1CCN2CCC1C2. The number of piperidine rings is 1. The number of rotatable bonds is 2. The molecule has 3 nitrogen and oxygen atoms in total. The molecule has 92 valence electrons. The number of fused-ring (bicyclic) bond motifs is 2. The van der Waals surface area contributed by atoms with Crippen molar-refractivity contribution in [3.8, 4) is 0 Å². The van der Waals surface area contributed by atoms with E-state index in [1.54, 1.807) is 0 Å². The average Bonchev–Trinajstić information content (AvgIpc) is 2.68. The number of nitrogens with zero attached hydrogens (tertiary/aromatic N) is 1. The maximum absolute atomic E-state index is 10.00. The molecule has 3 heteroatoms. The molecule has 0 spiro atoms. The molecular formula is C13H24N2O. The highest BCUT2D eigenvalue weighted by Crippen LogP contribution is 2.29. The summed E-state index contributed by atoms with van der Waals surface area (Å²) < 4.78 is 0. The van der Waals surface area contributed by atoms with E-state index in [9.17, 15) is 5.11 Å². The lowest BCUT2D eigenvalue weighted by molar-refractivity contribution is 0.0741. The Hall–Kier alpha value is -0.120. The fourth-order valence-corrected chi connectivity index (χ4v) is 3.75. The molecule has 0 aromatic rings. The maximum Gasteiger partial charge on any atom is 0.0693 e. The Bertz CT molecular complexity index is 246. The van der Waals surface area contributed by atoms with E-state index in [4.69, 9.17) is 0 Å². The van der Waals surface area contributed by atoms with Gasteiger partial charge in [-0.3, -0.25) is 0 Å². The Kier molecular flexibility index (Phi) is 3.18. The minimum atomic E-state index is -0.0896. The Morgan fingerprint density at radius 2 is 1.75 bits per heavy atom. The number of aliphatic hydroxyl groups is 1. The van der Waals surface area contributed by atoms with Crippen LogP contribution in [0.3, 0.4) is 0 Å². The molecule has 16 heavy (non-hydrogen) atoms. The van der Waals surface area contributed by atoms with Crippen LogP contribution in [0.25, 0.3) is 0 Å². The molecule has 5 unspecified atom stereocenters. The van der Waals surface area contributed by atoms with Gasteiger partial charge in [-0.15, -0.1) is 0 Å². The molecule has 3 aliphatic rings. The third-order valence-electron chi connectivity index (χ3n) is 4.79. The van der Waals surface area contributed by atoms with Crippen LogP contribution in [0.2, 0.25) is 0 Å². The molecule has 2 aliphatic heterocycles. The first kappa shape index (κ1) is 11.0. The predicted molar refractivity (Wildman–Crippen MR) is 64.4 cm³/mol. The number of nitrogens with one attached hydrogen (secondary N) is 1. The molecule has 0 amide bonds. The Morgan fingerprint density at radius 1 is 0.938 bits per heavy atom. The van der Waals surface area contributed by atoms with Crippen LogP contribution < -0.4 is 5.32 Å². The first-order valence-corrected chi connectivity index (χ1v) is 6.99. The van der Waals surface area contributed by atoms with E-state index in [-0.39, 0.29) is 6.10 Å². The van der Waals surface area contributed by atoms with E-state index in [0.29, 0.717) is 12.1 Å². The van der Waals surface area contributed by atoms with Crippen LogP contribution in [0, 0.1) is 5.92 Å². The first-order chi connectivity index (χ1) is 7.83. The minimum Gasteiger partial charge on any atom is -0.392 e. The van der Waals surface area contributed by atoms with Gasteiger partial charge in [-0.05, 0) is 44.7 Å². The van der Waals surface area contributed by atoms with Gasteiger partial charge in [-0.2, -0.15) is 0 Å². The van der Waals surface area contributed by atoms with Crippen LogP contribution in [0.5, 0.6) is 0 Å². The number of hydrogen-bond acceptors (Lipinski definition) is 3. The molecule has 2 N–H and O–H groups in total. The molecule has 0 aromatic heterocycles. The summed E-state index contributed by atoms with van der Waals surface area (Å²) in [6.07, 6.45) is 7.23. The van der Waals surface area contributed by atoms with Gasteiger partial charge in [0.15, 0.2) is 0 Å². The normalized spacial score (nSPS) is 48.2. The second kappa shape index (κ2) is 4.63. The van der Waals surface area contributed by atoms with E-state index in [1.165, 1.54) is 51.7 Å².